The second-order valence-corrected chi connectivity index (χ2v) is 5.63. The summed E-state index contributed by atoms with van der Waals surface area (Å²) in [6.45, 7) is 0.545. The average Bonchev–Trinajstić information content (AvgIpc) is 2.57. The Labute approximate surface area is 136 Å². The molecule has 0 bridgehead atoms. The third kappa shape index (κ3) is 3.90. The van der Waals surface area contributed by atoms with Crippen molar-refractivity contribution in [2.75, 3.05) is 0 Å². The summed E-state index contributed by atoms with van der Waals surface area (Å²) in [5, 5.41) is 0.694. The fourth-order valence-corrected chi connectivity index (χ4v) is 2.52. The first-order chi connectivity index (χ1) is 10.8. The molecule has 0 aliphatic rings. The Balaban J connectivity index is 1.79. The summed E-state index contributed by atoms with van der Waals surface area (Å²) in [5.41, 5.74) is 3.55. The summed E-state index contributed by atoms with van der Waals surface area (Å²) in [5.74, 6) is 0.847. The van der Waals surface area contributed by atoms with Crippen molar-refractivity contribution in [3.8, 4) is 5.75 Å². The Bertz CT molecular complexity index is 723. The molecule has 0 radical (unpaired) electrons. The lowest BCUT2D eigenvalue weighted by Gasteiger charge is -2.12. The van der Waals surface area contributed by atoms with E-state index in [2.05, 4.69) is 36.4 Å². The Morgan fingerprint density at radius 1 is 0.727 bits per heavy atom. The largest absolute Gasteiger partial charge is 0.489 e. The number of ether oxygens (including phenoxy) is 1. The van der Waals surface area contributed by atoms with E-state index in [0.29, 0.717) is 11.6 Å². The summed E-state index contributed by atoms with van der Waals surface area (Å²) >= 11 is 6.12. The van der Waals surface area contributed by atoms with Crippen LogP contribution >= 0.6 is 11.6 Å². The fraction of sp³-hybridized carbons (Fsp3) is 0.100. The molecule has 0 unspecified atom stereocenters. The molecule has 3 aromatic carbocycles. The standard InChI is InChI=1S/C20H17ClO/c21-19-12-11-18(13-16-7-3-1-4-8-16)20(14-19)22-15-17-9-5-2-6-10-17/h1-12,14H,13,15H2. The normalized spacial score (nSPS) is 10.4. The molecular formula is C20H17ClO. The molecule has 0 saturated carbocycles. The summed E-state index contributed by atoms with van der Waals surface area (Å²) in [7, 11) is 0. The molecule has 0 fully saturated rings. The highest BCUT2D eigenvalue weighted by molar-refractivity contribution is 6.30. The van der Waals surface area contributed by atoms with Crippen LogP contribution in [0.5, 0.6) is 5.75 Å². The molecule has 0 atom stereocenters. The summed E-state index contributed by atoms with van der Waals surface area (Å²) < 4.78 is 5.99. The molecule has 22 heavy (non-hydrogen) atoms. The van der Waals surface area contributed by atoms with Gasteiger partial charge in [-0.2, -0.15) is 0 Å². The minimum absolute atomic E-state index is 0.545. The van der Waals surface area contributed by atoms with Gasteiger partial charge in [0.1, 0.15) is 12.4 Å². The zero-order valence-electron chi connectivity index (χ0n) is 12.2. The zero-order chi connectivity index (χ0) is 15.2. The molecule has 0 aromatic heterocycles. The van der Waals surface area contributed by atoms with E-state index in [1.165, 1.54) is 5.56 Å². The lowest BCUT2D eigenvalue weighted by molar-refractivity contribution is 0.303. The van der Waals surface area contributed by atoms with Crippen molar-refractivity contribution in [2.45, 2.75) is 13.0 Å². The quantitative estimate of drug-likeness (QED) is 0.604. The van der Waals surface area contributed by atoms with Crippen molar-refractivity contribution < 1.29 is 4.74 Å². The molecule has 0 N–H and O–H groups in total. The van der Waals surface area contributed by atoms with Crippen molar-refractivity contribution in [3.05, 3.63) is 101 Å². The Kier molecular flexibility index (Phi) is 4.77. The van der Waals surface area contributed by atoms with E-state index in [-0.39, 0.29) is 0 Å². The van der Waals surface area contributed by atoms with Gasteiger partial charge in [0.2, 0.25) is 0 Å². The molecule has 110 valence electrons. The van der Waals surface area contributed by atoms with E-state index in [9.17, 15) is 0 Å². The van der Waals surface area contributed by atoms with Crippen LogP contribution in [-0.4, -0.2) is 0 Å². The van der Waals surface area contributed by atoms with Crippen molar-refractivity contribution >= 4 is 11.6 Å². The van der Waals surface area contributed by atoms with Crippen molar-refractivity contribution in [2.24, 2.45) is 0 Å². The van der Waals surface area contributed by atoms with E-state index in [0.717, 1.165) is 23.3 Å². The number of halogens is 1. The fourth-order valence-electron chi connectivity index (χ4n) is 2.36. The Hall–Kier alpha value is -2.25. The first-order valence-corrected chi connectivity index (χ1v) is 7.68. The summed E-state index contributed by atoms with van der Waals surface area (Å²) in [4.78, 5) is 0. The molecule has 0 aliphatic heterocycles. The number of hydrogen-bond acceptors (Lipinski definition) is 1. The molecule has 1 nitrogen and oxygen atoms in total. The lowest BCUT2D eigenvalue weighted by Crippen LogP contribution is -1.99. The minimum atomic E-state index is 0.545. The van der Waals surface area contributed by atoms with Crippen LogP contribution in [0.15, 0.2) is 78.9 Å². The molecule has 0 saturated heterocycles. The van der Waals surface area contributed by atoms with Crippen molar-refractivity contribution in [1.29, 1.82) is 0 Å². The van der Waals surface area contributed by atoms with Crippen LogP contribution in [-0.2, 0) is 13.0 Å². The van der Waals surface area contributed by atoms with E-state index >= 15 is 0 Å². The maximum absolute atomic E-state index is 6.12. The van der Waals surface area contributed by atoms with Crippen LogP contribution in [0, 0.1) is 0 Å². The Morgan fingerprint density at radius 3 is 2.05 bits per heavy atom. The topological polar surface area (TPSA) is 9.23 Å². The second kappa shape index (κ2) is 7.15. The Morgan fingerprint density at radius 2 is 1.36 bits per heavy atom. The van der Waals surface area contributed by atoms with Gasteiger partial charge in [-0.15, -0.1) is 0 Å². The molecule has 0 spiro atoms. The van der Waals surface area contributed by atoms with Crippen LogP contribution in [0.4, 0.5) is 0 Å². The first-order valence-electron chi connectivity index (χ1n) is 7.30. The van der Waals surface area contributed by atoms with E-state index in [1.807, 2.05) is 42.5 Å². The number of benzene rings is 3. The van der Waals surface area contributed by atoms with Gasteiger partial charge in [-0.25, -0.2) is 0 Å². The zero-order valence-corrected chi connectivity index (χ0v) is 13.0. The summed E-state index contributed by atoms with van der Waals surface area (Å²) in [6.07, 6.45) is 0.835. The number of rotatable bonds is 5. The molecular weight excluding hydrogens is 292 g/mol. The molecule has 0 amide bonds. The molecule has 2 heteroatoms. The minimum Gasteiger partial charge on any atom is -0.489 e. The smallest absolute Gasteiger partial charge is 0.124 e. The SMILES string of the molecule is Clc1ccc(Cc2ccccc2)c(OCc2ccccc2)c1. The van der Waals surface area contributed by atoms with Crippen LogP contribution < -0.4 is 4.74 Å². The highest BCUT2D eigenvalue weighted by Crippen LogP contribution is 2.26. The van der Waals surface area contributed by atoms with Crippen molar-refractivity contribution in [1.82, 2.24) is 0 Å². The van der Waals surface area contributed by atoms with E-state index in [1.54, 1.807) is 0 Å². The molecule has 3 rings (SSSR count). The maximum atomic E-state index is 6.12. The molecule has 0 aliphatic carbocycles. The van der Waals surface area contributed by atoms with Gasteiger partial charge in [-0.3, -0.25) is 0 Å². The molecule has 3 aromatic rings. The maximum Gasteiger partial charge on any atom is 0.124 e. The molecule has 0 heterocycles. The van der Waals surface area contributed by atoms with E-state index < -0.39 is 0 Å². The van der Waals surface area contributed by atoms with Gasteiger partial charge >= 0.3 is 0 Å². The predicted molar refractivity (Wildman–Crippen MR) is 91.5 cm³/mol. The van der Waals surface area contributed by atoms with Gasteiger partial charge in [0, 0.05) is 11.4 Å². The number of hydrogen-bond donors (Lipinski definition) is 0. The predicted octanol–water partition coefficient (Wildman–Crippen LogP) is 5.51. The van der Waals surface area contributed by atoms with Crippen LogP contribution in [0.25, 0.3) is 0 Å². The van der Waals surface area contributed by atoms with Gasteiger partial charge in [-0.05, 0) is 28.8 Å². The first kappa shape index (κ1) is 14.7. The van der Waals surface area contributed by atoms with Gasteiger partial charge < -0.3 is 4.74 Å². The van der Waals surface area contributed by atoms with E-state index in [4.69, 9.17) is 16.3 Å². The van der Waals surface area contributed by atoms with Gasteiger partial charge in [0.25, 0.3) is 0 Å². The third-order valence-electron chi connectivity index (χ3n) is 3.50. The van der Waals surface area contributed by atoms with Crippen LogP contribution in [0.1, 0.15) is 16.7 Å². The summed E-state index contributed by atoms with van der Waals surface area (Å²) in [6, 6.07) is 26.4. The highest BCUT2D eigenvalue weighted by atomic mass is 35.5. The van der Waals surface area contributed by atoms with Crippen LogP contribution in [0.3, 0.4) is 0 Å². The van der Waals surface area contributed by atoms with Gasteiger partial charge in [0.15, 0.2) is 0 Å². The average molecular weight is 309 g/mol. The lowest BCUT2D eigenvalue weighted by atomic mass is 10.0. The second-order valence-electron chi connectivity index (χ2n) is 5.19. The third-order valence-corrected chi connectivity index (χ3v) is 3.74. The van der Waals surface area contributed by atoms with Gasteiger partial charge in [-0.1, -0.05) is 78.3 Å². The van der Waals surface area contributed by atoms with Gasteiger partial charge in [0.05, 0.1) is 0 Å². The monoisotopic (exact) mass is 308 g/mol. The van der Waals surface area contributed by atoms with Crippen molar-refractivity contribution in [3.63, 3.8) is 0 Å². The highest BCUT2D eigenvalue weighted by Gasteiger charge is 2.06. The van der Waals surface area contributed by atoms with Crippen LogP contribution in [0.2, 0.25) is 5.02 Å².